The lowest BCUT2D eigenvalue weighted by molar-refractivity contribution is -0.182. The number of nitrogens with zero attached hydrogens (tertiary/aromatic N) is 1. The Hall–Kier alpha value is -1.24. The van der Waals surface area contributed by atoms with Gasteiger partial charge in [-0.1, -0.05) is 11.5 Å². The molecule has 4 rings (SSSR count). The molecule has 1 saturated carbocycles. The number of hydrogen-bond donors (Lipinski definition) is 0. The van der Waals surface area contributed by atoms with E-state index in [0.717, 1.165) is 30.4 Å². The summed E-state index contributed by atoms with van der Waals surface area (Å²) in [4.78, 5) is 12.4. The fraction of sp³-hybridized carbons (Fsp3) is 0.562. The smallest absolute Gasteiger partial charge is 0.268 e. The van der Waals surface area contributed by atoms with Gasteiger partial charge in [0.1, 0.15) is 5.82 Å². The minimum Gasteiger partial charge on any atom is -0.348 e. The minimum absolute atomic E-state index is 0.0758. The van der Waals surface area contributed by atoms with Crippen LogP contribution in [0.1, 0.15) is 25.7 Å². The average molecular weight is 323 g/mol. The molecule has 1 spiro atoms. The molecule has 1 aliphatic carbocycles. The Bertz CT molecular complexity index is 737. The molecule has 0 unspecified atom stereocenters. The first-order valence-corrected chi connectivity index (χ1v) is 8.50. The van der Waals surface area contributed by atoms with E-state index in [4.69, 9.17) is 9.47 Å². The molecule has 0 N–H and O–H groups in total. The molecule has 22 heavy (non-hydrogen) atoms. The fourth-order valence-corrected chi connectivity index (χ4v) is 4.56. The van der Waals surface area contributed by atoms with Crippen molar-refractivity contribution in [1.29, 1.82) is 0 Å². The van der Waals surface area contributed by atoms with Gasteiger partial charge in [0.15, 0.2) is 5.79 Å². The summed E-state index contributed by atoms with van der Waals surface area (Å²) in [6, 6.07) is 4.42. The van der Waals surface area contributed by atoms with E-state index in [1.54, 1.807) is 10.0 Å². The molecule has 1 aromatic carbocycles. The molecule has 0 bridgehead atoms. The van der Waals surface area contributed by atoms with Gasteiger partial charge in [0.25, 0.3) is 5.56 Å². The van der Waals surface area contributed by atoms with Gasteiger partial charge in [0.2, 0.25) is 0 Å². The summed E-state index contributed by atoms with van der Waals surface area (Å²) < 4.78 is 27.4. The lowest BCUT2D eigenvalue weighted by Crippen LogP contribution is -2.36. The van der Waals surface area contributed by atoms with Gasteiger partial charge in [-0.3, -0.25) is 8.75 Å². The molecule has 6 heteroatoms. The highest BCUT2D eigenvalue weighted by atomic mass is 32.1. The summed E-state index contributed by atoms with van der Waals surface area (Å²) in [5, 5.41) is 0.486. The topological polar surface area (TPSA) is 40.5 Å². The Labute approximate surface area is 131 Å². The summed E-state index contributed by atoms with van der Waals surface area (Å²) in [6.07, 6.45) is 3.78. The van der Waals surface area contributed by atoms with Crippen LogP contribution in [0.4, 0.5) is 4.39 Å². The van der Waals surface area contributed by atoms with Crippen LogP contribution in [-0.2, 0) is 16.0 Å². The van der Waals surface area contributed by atoms with Crippen molar-refractivity contribution in [3.63, 3.8) is 0 Å². The number of fused-ring (bicyclic) bond motifs is 1. The number of benzene rings is 1. The van der Waals surface area contributed by atoms with Crippen LogP contribution < -0.4 is 5.56 Å². The predicted octanol–water partition coefficient (Wildman–Crippen LogP) is 3.14. The lowest BCUT2D eigenvalue weighted by atomic mass is 9.85. The predicted molar refractivity (Wildman–Crippen MR) is 82.6 cm³/mol. The van der Waals surface area contributed by atoms with E-state index in [-0.39, 0.29) is 17.2 Å². The standard InChI is InChI=1S/C16H18FNO3S/c17-12-1-2-14-13(9-12)15(19)18(22-14)10-11-3-5-16(6-4-11)20-7-8-21-16/h1-2,9,11H,3-8,10H2. The van der Waals surface area contributed by atoms with E-state index in [1.165, 1.54) is 23.7 Å². The fourth-order valence-electron chi connectivity index (χ4n) is 3.48. The molecule has 2 aliphatic rings. The second kappa shape index (κ2) is 5.44. The number of rotatable bonds is 2. The van der Waals surface area contributed by atoms with Crippen LogP contribution in [0.2, 0.25) is 0 Å². The summed E-state index contributed by atoms with van der Waals surface area (Å²) in [6.45, 7) is 2.08. The summed E-state index contributed by atoms with van der Waals surface area (Å²) in [5.41, 5.74) is -0.0758. The van der Waals surface area contributed by atoms with Crippen LogP contribution in [0.25, 0.3) is 10.1 Å². The van der Waals surface area contributed by atoms with Gasteiger partial charge < -0.3 is 9.47 Å². The first-order valence-electron chi connectivity index (χ1n) is 7.73. The van der Waals surface area contributed by atoms with Crippen molar-refractivity contribution in [2.45, 2.75) is 38.0 Å². The highest BCUT2D eigenvalue weighted by molar-refractivity contribution is 7.13. The van der Waals surface area contributed by atoms with Crippen LogP contribution in [0.5, 0.6) is 0 Å². The maximum atomic E-state index is 13.3. The summed E-state index contributed by atoms with van der Waals surface area (Å²) in [5.74, 6) is -0.260. The van der Waals surface area contributed by atoms with Crippen molar-refractivity contribution in [1.82, 2.24) is 3.96 Å². The SMILES string of the molecule is O=c1c2cc(F)ccc2sn1CC1CCC2(CC1)OCCO2. The van der Waals surface area contributed by atoms with Crippen molar-refractivity contribution in [3.05, 3.63) is 34.4 Å². The molecule has 0 radical (unpaired) electrons. The van der Waals surface area contributed by atoms with Crippen LogP contribution in [0.3, 0.4) is 0 Å². The van der Waals surface area contributed by atoms with Gasteiger partial charge in [-0.25, -0.2) is 4.39 Å². The molecular weight excluding hydrogens is 305 g/mol. The Balaban J connectivity index is 1.50. The number of halogens is 1. The largest absolute Gasteiger partial charge is 0.348 e. The minimum atomic E-state index is -0.357. The van der Waals surface area contributed by atoms with Gasteiger partial charge in [-0.15, -0.1) is 0 Å². The van der Waals surface area contributed by atoms with Crippen molar-refractivity contribution in [2.24, 2.45) is 5.92 Å². The molecule has 1 saturated heterocycles. The third-order valence-corrected chi connectivity index (χ3v) is 5.80. The van der Waals surface area contributed by atoms with E-state index in [9.17, 15) is 9.18 Å². The Morgan fingerprint density at radius 2 is 2.00 bits per heavy atom. The van der Waals surface area contributed by atoms with E-state index < -0.39 is 0 Å². The van der Waals surface area contributed by atoms with Gasteiger partial charge in [-0.05, 0) is 37.0 Å². The van der Waals surface area contributed by atoms with Gasteiger partial charge in [-0.2, -0.15) is 0 Å². The van der Waals surface area contributed by atoms with Gasteiger partial charge >= 0.3 is 0 Å². The second-order valence-electron chi connectivity index (χ2n) is 6.15. The maximum absolute atomic E-state index is 13.3. The molecule has 118 valence electrons. The molecule has 4 nitrogen and oxygen atoms in total. The Kier molecular flexibility index (Phi) is 3.55. The zero-order chi connectivity index (χ0) is 15.2. The molecule has 2 heterocycles. The molecule has 1 aromatic heterocycles. The van der Waals surface area contributed by atoms with Crippen molar-refractivity contribution in [2.75, 3.05) is 13.2 Å². The van der Waals surface area contributed by atoms with Crippen LogP contribution in [0, 0.1) is 11.7 Å². The zero-order valence-electron chi connectivity index (χ0n) is 12.2. The molecule has 0 atom stereocenters. The second-order valence-corrected chi connectivity index (χ2v) is 7.21. The van der Waals surface area contributed by atoms with E-state index in [2.05, 4.69) is 0 Å². The molecule has 2 aromatic rings. The Morgan fingerprint density at radius 1 is 1.27 bits per heavy atom. The highest BCUT2D eigenvalue weighted by Gasteiger charge is 2.40. The summed E-state index contributed by atoms with van der Waals surface area (Å²) >= 11 is 1.42. The molecule has 0 amide bonds. The third kappa shape index (κ3) is 2.49. The average Bonchev–Trinajstić information content (AvgIpc) is 3.09. The third-order valence-electron chi connectivity index (χ3n) is 4.71. The number of aromatic nitrogens is 1. The van der Waals surface area contributed by atoms with Crippen LogP contribution in [-0.4, -0.2) is 23.0 Å². The number of ether oxygens (including phenoxy) is 2. The zero-order valence-corrected chi connectivity index (χ0v) is 13.0. The molecular formula is C16H18FNO3S. The first-order chi connectivity index (χ1) is 10.7. The van der Waals surface area contributed by atoms with E-state index >= 15 is 0 Å². The van der Waals surface area contributed by atoms with Crippen LogP contribution >= 0.6 is 11.5 Å². The van der Waals surface area contributed by atoms with Crippen molar-refractivity contribution < 1.29 is 13.9 Å². The van der Waals surface area contributed by atoms with Crippen molar-refractivity contribution >= 4 is 21.6 Å². The monoisotopic (exact) mass is 323 g/mol. The van der Waals surface area contributed by atoms with Gasteiger partial charge in [0, 0.05) is 19.4 Å². The first kappa shape index (κ1) is 14.4. The quantitative estimate of drug-likeness (QED) is 0.852. The van der Waals surface area contributed by atoms with E-state index in [0.29, 0.717) is 31.1 Å². The Morgan fingerprint density at radius 3 is 2.73 bits per heavy atom. The van der Waals surface area contributed by atoms with E-state index in [1.807, 2.05) is 0 Å². The maximum Gasteiger partial charge on any atom is 0.268 e. The van der Waals surface area contributed by atoms with Gasteiger partial charge in [0.05, 0.1) is 23.3 Å². The molecule has 2 fully saturated rings. The highest BCUT2D eigenvalue weighted by Crippen LogP contribution is 2.38. The van der Waals surface area contributed by atoms with Crippen molar-refractivity contribution in [3.8, 4) is 0 Å². The number of hydrogen-bond acceptors (Lipinski definition) is 4. The normalized spacial score (nSPS) is 21.9. The summed E-state index contributed by atoms with van der Waals surface area (Å²) in [7, 11) is 0. The molecule has 1 aliphatic heterocycles. The lowest BCUT2D eigenvalue weighted by Gasteiger charge is -2.35. The van der Waals surface area contributed by atoms with Crippen LogP contribution in [0.15, 0.2) is 23.0 Å².